The van der Waals surface area contributed by atoms with Crippen LogP contribution in [0.1, 0.15) is 27.2 Å². The zero-order chi connectivity index (χ0) is 12.9. The first-order valence-corrected chi connectivity index (χ1v) is 6.65. The number of nitrogens with zero attached hydrogens (tertiary/aromatic N) is 3. The van der Waals surface area contributed by atoms with Crippen LogP contribution in [0.3, 0.4) is 0 Å². The molecule has 0 aromatic heterocycles. The smallest absolute Gasteiger partial charge is 0.121 e. The monoisotopic (exact) mass is 238 g/mol. The molecule has 1 fully saturated rings. The van der Waals surface area contributed by atoms with Crippen molar-refractivity contribution in [2.75, 3.05) is 39.8 Å². The highest BCUT2D eigenvalue weighted by Gasteiger charge is 2.40. The van der Waals surface area contributed by atoms with Gasteiger partial charge in [0.1, 0.15) is 5.54 Å². The van der Waals surface area contributed by atoms with E-state index in [2.05, 4.69) is 49.0 Å². The van der Waals surface area contributed by atoms with Crippen molar-refractivity contribution in [2.24, 2.45) is 0 Å². The highest BCUT2D eigenvalue weighted by atomic mass is 15.2. The molecule has 0 saturated carbocycles. The maximum Gasteiger partial charge on any atom is 0.121 e. The van der Waals surface area contributed by atoms with Crippen molar-refractivity contribution in [3.8, 4) is 6.07 Å². The number of nitriles is 1. The summed E-state index contributed by atoms with van der Waals surface area (Å²) < 4.78 is 0. The van der Waals surface area contributed by atoms with E-state index in [4.69, 9.17) is 0 Å². The van der Waals surface area contributed by atoms with E-state index in [-0.39, 0.29) is 5.54 Å². The summed E-state index contributed by atoms with van der Waals surface area (Å²) in [5.74, 6) is 0. The van der Waals surface area contributed by atoms with E-state index in [0.29, 0.717) is 6.04 Å². The van der Waals surface area contributed by atoms with Crippen molar-refractivity contribution in [1.29, 1.82) is 5.26 Å². The van der Waals surface area contributed by atoms with Gasteiger partial charge >= 0.3 is 0 Å². The second kappa shape index (κ2) is 6.34. The zero-order valence-corrected chi connectivity index (χ0v) is 11.7. The molecule has 0 aliphatic carbocycles. The summed E-state index contributed by atoms with van der Waals surface area (Å²) in [6.07, 6.45) is 0.929. The molecule has 1 aliphatic rings. The predicted octanol–water partition coefficient (Wildman–Crippen LogP) is 0.904. The van der Waals surface area contributed by atoms with E-state index in [1.54, 1.807) is 0 Å². The first kappa shape index (κ1) is 14.4. The number of hydrogen-bond donors (Lipinski definition) is 1. The summed E-state index contributed by atoms with van der Waals surface area (Å²) in [4.78, 5) is 4.63. The maximum atomic E-state index is 9.38. The maximum absolute atomic E-state index is 9.38. The van der Waals surface area contributed by atoms with Crippen LogP contribution in [-0.4, -0.2) is 61.2 Å². The molecule has 0 spiro atoms. The third-order valence-corrected chi connectivity index (χ3v) is 3.92. The topological polar surface area (TPSA) is 42.3 Å². The average Bonchev–Trinajstić information content (AvgIpc) is 2.61. The summed E-state index contributed by atoms with van der Waals surface area (Å²) >= 11 is 0. The van der Waals surface area contributed by atoms with Gasteiger partial charge in [-0.1, -0.05) is 13.8 Å². The van der Waals surface area contributed by atoms with Crippen molar-refractivity contribution in [3.05, 3.63) is 0 Å². The summed E-state index contributed by atoms with van der Waals surface area (Å²) in [6, 6.07) is 2.97. The molecule has 0 aromatic rings. The second-order valence-electron chi connectivity index (χ2n) is 5.12. The van der Waals surface area contributed by atoms with Gasteiger partial charge in [-0.15, -0.1) is 0 Å². The minimum absolute atomic E-state index is 0.332. The summed E-state index contributed by atoms with van der Waals surface area (Å²) in [5, 5.41) is 12.8. The van der Waals surface area contributed by atoms with Gasteiger partial charge in [-0.3, -0.25) is 5.32 Å². The number of nitrogens with one attached hydrogen (secondary N) is 1. The van der Waals surface area contributed by atoms with Gasteiger partial charge in [0, 0.05) is 25.7 Å². The van der Waals surface area contributed by atoms with Gasteiger partial charge in [0.2, 0.25) is 0 Å². The highest BCUT2D eigenvalue weighted by molar-refractivity contribution is 5.14. The minimum atomic E-state index is -0.332. The fourth-order valence-corrected chi connectivity index (χ4v) is 2.55. The van der Waals surface area contributed by atoms with Crippen LogP contribution in [0.5, 0.6) is 0 Å². The Kier molecular flexibility index (Phi) is 5.38. The van der Waals surface area contributed by atoms with E-state index in [9.17, 15) is 5.26 Å². The van der Waals surface area contributed by atoms with Crippen molar-refractivity contribution in [1.82, 2.24) is 15.1 Å². The van der Waals surface area contributed by atoms with Crippen molar-refractivity contribution < 1.29 is 0 Å². The van der Waals surface area contributed by atoms with Gasteiger partial charge < -0.3 is 9.80 Å². The van der Waals surface area contributed by atoms with E-state index >= 15 is 0 Å². The Morgan fingerprint density at radius 2 is 2.12 bits per heavy atom. The van der Waals surface area contributed by atoms with E-state index in [1.807, 2.05) is 0 Å². The Balaban J connectivity index is 2.41. The third-order valence-electron chi connectivity index (χ3n) is 3.92. The largest absolute Gasteiger partial charge is 0.303 e. The molecule has 0 amide bonds. The molecule has 98 valence electrons. The SMILES string of the molecule is CCN(CC)CCNC1(C#N)CC(C)N(C)C1. The highest BCUT2D eigenvalue weighted by Crippen LogP contribution is 2.24. The third kappa shape index (κ3) is 3.67. The number of likely N-dealkylation sites (tertiary alicyclic amines) is 1. The first-order chi connectivity index (χ1) is 8.06. The van der Waals surface area contributed by atoms with Crippen LogP contribution in [0, 0.1) is 11.3 Å². The normalized spacial score (nSPS) is 29.8. The van der Waals surface area contributed by atoms with Gasteiger partial charge in [-0.2, -0.15) is 5.26 Å². The predicted molar refractivity (Wildman–Crippen MR) is 70.8 cm³/mol. The number of rotatable bonds is 6. The van der Waals surface area contributed by atoms with Gasteiger partial charge in [0.05, 0.1) is 6.07 Å². The molecule has 1 saturated heterocycles. The molecule has 0 bridgehead atoms. The fraction of sp³-hybridized carbons (Fsp3) is 0.923. The molecule has 4 heteroatoms. The molecule has 1 N–H and O–H groups in total. The molecule has 1 aliphatic heterocycles. The molecule has 1 heterocycles. The molecule has 17 heavy (non-hydrogen) atoms. The lowest BCUT2D eigenvalue weighted by atomic mass is 9.98. The average molecular weight is 238 g/mol. The molecule has 2 unspecified atom stereocenters. The van der Waals surface area contributed by atoms with E-state index in [0.717, 1.165) is 39.1 Å². The second-order valence-corrected chi connectivity index (χ2v) is 5.12. The minimum Gasteiger partial charge on any atom is -0.303 e. The standard InChI is InChI=1S/C13H26N4/c1-5-17(6-2)8-7-15-13(10-14)9-12(3)16(4)11-13/h12,15H,5-9,11H2,1-4H3. The van der Waals surface area contributed by atoms with Gasteiger partial charge in [-0.25, -0.2) is 0 Å². The van der Waals surface area contributed by atoms with Crippen LogP contribution in [0.15, 0.2) is 0 Å². The molecule has 4 nitrogen and oxygen atoms in total. The summed E-state index contributed by atoms with van der Waals surface area (Å²) in [6.45, 7) is 11.4. The number of likely N-dealkylation sites (N-methyl/N-ethyl adjacent to an activating group) is 2. The van der Waals surface area contributed by atoms with Crippen LogP contribution in [0.25, 0.3) is 0 Å². The Hall–Kier alpha value is -0.630. The Morgan fingerprint density at radius 3 is 2.53 bits per heavy atom. The van der Waals surface area contributed by atoms with Crippen LogP contribution in [0.2, 0.25) is 0 Å². The fourth-order valence-electron chi connectivity index (χ4n) is 2.55. The number of hydrogen-bond acceptors (Lipinski definition) is 4. The lowest BCUT2D eigenvalue weighted by Crippen LogP contribution is -2.48. The van der Waals surface area contributed by atoms with Gasteiger partial charge in [0.15, 0.2) is 0 Å². The Morgan fingerprint density at radius 1 is 1.47 bits per heavy atom. The lowest BCUT2D eigenvalue weighted by molar-refractivity contribution is 0.282. The Labute approximate surface area is 106 Å². The molecule has 0 aromatic carbocycles. The van der Waals surface area contributed by atoms with Crippen LogP contribution < -0.4 is 5.32 Å². The molecule has 2 atom stereocenters. The molecule has 0 radical (unpaired) electrons. The van der Waals surface area contributed by atoms with Crippen LogP contribution in [0.4, 0.5) is 0 Å². The first-order valence-electron chi connectivity index (χ1n) is 6.65. The van der Waals surface area contributed by atoms with Crippen molar-refractivity contribution >= 4 is 0 Å². The van der Waals surface area contributed by atoms with Gasteiger partial charge in [-0.05, 0) is 33.5 Å². The van der Waals surface area contributed by atoms with Crippen LogP contribution >= 0.6 is 0 Å². The summed E-state index contributed by atoms with van der Waals surface area (Å²) in [5.41, 5.74) is -0.332. The Bertz CT molecular complexity index is 257. The zero-order valence-electron chi connectivity index (χ0n) is 11.7. The van der Waals surface area contributed by atoms with E-state index < -0.39 is 0 Å². The molecular formula is C13H26N4. The molecular weight excluding hydrogens is 212 g/mol. The van der Waals surface area contributed by atoms with Crippen molar-refractivity contribution in [2.45, 2.75) is 38.8 Å². The van der Waals surface area contributed by atoms with Gasteiger partial charge in [0.25, 0.3) is 0 Å². The molecule has 1 rings (SSSR count). The van der Waals surface area contributed by atoms with Crippen molar-refractivity contribution in [3.63, 3.8) is 0 Å². The van der Waals surface area contributed by atoms with E-state index in [1.165, 1.54) is 0 Å². The quantitative estimate of drug-likeness (QED) is 0.747. The van der Waals surface area contributed by atoms with Crippen LogP contribution in [-0.2, 0) is 0 Å². The lowest BCUT2D eigenvalue weighted by Gasteiger charge is -2.25. The summed E-state index contributed by atoms with van der Waals surface area (Å²) in [7, 11) is 2.09.